The van der Waals surface area contributed by atoms with Crippen LogP contribution >= 0.6 is 0 Å². The van der Waals surface area contributed by atoms with Gasteiger partial charge in [0, 0.05) is 25.6 Å². The van der Waals surface area contributed by atoms with Gasteiger partial charge in [0.25, 0.3) is 0 Å². The molecule has 21 heavy (non-hydrogen) atoms. The number of carboxylic acids is 1. The van der Waals surface area contributed by atoms with Gasteiger partial charge in [0.05, 0.1) is 11.8 Å². The number of carbonyl (C=O) groups is 3. The maximum atomic E-state index is 12.5. The molecule has 2 aliphatic rings. The minimum absolute atomic E-state index is 0.0205. The number of rotatable bonds is 4. The fourth-order valence-corrected chi connectivity index (χ4v) is 3.47. The minimum Gasteiger partial charge on any atom is -0.481 e. The molecule has 2 amide bonds. The molecular formula is C15H24N2O4. The zero-order valence-electron chi connectivity index (χ0n) is 12.5. The average Bonchev–Trinajstić information content (AvgIpc) is 2.96. The molecule has 1 saturated carbocycles. The number of nitrogens with one attached hydrogen (secondary N) is 1. The molecule has 0 spiro atoms. The number of piperidine rings is 1. The van der Waals surface area contributed by atoms with Gasteiger partial charge in [-0.2, -0.15) is 0 Å². The van der Waals surface area contributed by atoms with Crippen molar-refractivity contribution < 1.29 is 19.5 Å². The summed E-state index contributed by atoms with van der Waals surface area (Å²) in [5.74, 6) is -1.75. The van der Waals surface area contributed by atoms with Crippen LogP contribution in [0.3, 0.4) is 0 Å². The zero-order chi connectivity index (χ0) is 15.4. The fraction of sp³-hybridized carbons (Fsp3) is 0.800. The normalized spacial score (nSPS) is 26.6. The summed E-state index contributed by atoms with van der Waals surface area (Å²) in [6, 6.07) is 0. The van der Waals surface area contributed by atoms with Crippen molar-refractivity contribution in [2.24, 2.45) is 17.8 Å². The number of carboxylic acid groups (broad SMARTS) is 1. The molecule has 0 aromatic heterocycles. The van der Waals surface area contributed by atoms with Gasteiger partial charge in [0.1, 0.15) is 0 Å². The van der Waals surface area contributed by atoms with Gasteiger partial charge in [0.2, 0.25) is 11.8 Å². The van der Waals surface area contributed by atoms with Crippen LogP contribution in [0.5, 0.6) is 0 Å². The van der Waals surface area contributed by atoms with E-state index in [0.29, 0.717) is 45.3 Å². The molecule has 1 aliphatic carbocycles. The predicted octanol–water partition coefficient (Wildman–Crippen LogP) is 0.862. The van der Waals surface area contributed by atoms with Crippen LogP contribution in [0.25, 0.3) is 0 Å². The number of hydrogen-bond donors (Lipinski definition) is 2. The number of amides is 2. The topological polar surface area (TPSA) is 86.7 Å². The molecule has 2 atom stereocenters. The first-order valence-electron chi connectivity index (χ1n) is 7.84. The SMILES string of the molecule is CCNC(=O)C1CCN(C(=O)C2CCCC2C(=O)O)CC1. The van der Waals surface area contributed by atoms with Crippen LogP contribution in [-0.2, 0) is 14.4 Å². The van der Waals surface area contributed by atoms with Crippen molar-refractivity contribution >= 4 is 17.8 Å². The van der Waals surface area contributed by atoms with E-state index in [4.69, 9.17) is 0 Å². The van der Waals surface area contributed by atoms with E-state index >= 15 is 0 Å². The number of likely N-dealkylation sites (tertiary alicyclic amines) is 1. The molecule has 1 aliphatic heterocycles. The van der Waals surface area contributed by atoms with Crippen molar-refractivity contribution in [2.45, 2.75) is 39.0 Å². The van der Waals surface area contributed by atoms with E-state index in [2.05, 4.69) is 5.32 Å². The number of aliphatic carboxylic acids is 1. The summed E-state index contributed by atoms with van der Waals surface area (Å²) in [6.45, 7) is 3.63. The van der Waals surface area contributed by atoms with E-state index in [9.17, 15) is 19.5 Å². The molecule has 0 bridgehead atoms. The van der Waals surface area contributed by atoms with Crippen molar-refractivity contribution in [3.05, 3.63) is 0 Å². The Bertz CT molecular complexity index is 416. The van der Waals surface area contributed by atoms with Crippen LogP contribution in [0.4, 0.5) is 0 Å². The molecule has 0 aromatic carbocycles. The predicted molar refractivity (Wildman–Crippen MR) is 76.5 cm³/mol. The van der Waals surface area contributed by atoms with Crippen molar-refractivity contribution in [1.82, 2.24) is 10.2 Å². The lowest BCUT2D eigenvalue weighted by atomic mass is 9.91. The molecule has 6 heteroatoms. The first kappa shape index (κ1) is 15.8. The standard InChI is InChI=1S/C15H24N2O4/c1-2-16-13(18)10-6-8-17(9-7-10)14(19)11-4-3-5-12(11)15(20)21/h10-12H,2-9H2,1H3,(H,16,18)(H,20,21). The number of carbonyl (C=O) groups excluding carboxylic acids is 2. The van der Waals surface area contributed by atoms with Gasteiger partial charge in [-0.05, 0) is 32.6 Å². The average molecular weight is 296 g/mol. The van der Waals surface area contributed by atoms with Gasteiger partial charge in [-0.25, -0.2) is 0 Å². The summed E-state index contributed by atoms with van der Waals surface area (Å²) in [4.78, 5) is 37.2. The van der Waals surface area contributed by atoms with Gasteiger partial charge < -0.3 is 15.3 Å². The van der Waals surface area contributed by atoms with Gasteiger partial charge in [-0.3, -0.25) is 14.4 Å². The second-order valence-corrected chi connectivity index (χ2v) is 5.98. The maximum absolute atomic E-state index is 12.5. The lowest BCUT2D eigenvalue weighted by molar-refractivity contribution is -0.149. The summed E-state index contributed by atoms with van der Waals surface area (Å²) >= 11 is 0. The molecule has 2 N–H and O–H groups in total. The van der Waals surface area contributed by atoms with Gasteiger partial charge in [-0.15, -0.1) is 0 Å². The Balaban J connectivity index is 1.88. The second-order valence-electron chi connectivity index (χ2n) is 5.98. The second kappa shape index (κ2) is 6.91. The highest BCUT2D eigenvalue weighted by atomic mass is 16.4. The van der Waals surface area contributed by atoms with E-state index in [1.54, 1.807) is 4.90 Å². The Hall–Kier alpha value is -1.59. The van der Waals surface area contributed by atoms with E-state index in [1.807, 2.05) is 6.92 Å². The molecule has 2 unspecified atom stereocenters. The summed E-state index contributed by atoms with van der Waals surface area (Å²) < 4.78 is 0. The third-order valence-electron chi connectivity index (χ3n) is 4.68. The minimum atomic E-state index is -0.858. The van der Waals surface area contributed by atoms with E-state index in [0.717, 1.165) is 6.42 Å². The van der Waals surface area contributed by atoms with Crippen LogP contribution in [-0.4, -0.2) is 47.4 Å². The smallest absolute Gasteiger partial charge is 0.307 e. The van der Waals surface area contributed by atoms with Crippen LogP contribution in [0.2, 0.25) is 0 Å². The summed E-state index contributed by atoms with van der Waals surface area (Å²) in [6.07, 6.45) is 3.42. The molecule has 2 fully saturated rings. The Morgan fingerprint density at radius 2 is 1.71 bits per heavy atom. The summed E-state index contributed by atoms with van der Waals surface area (Å²) in [5, 5.41) is 12.0. The van der Waals surface area contributed by atoms with E-state index in [-0.39, 0.29) is 23.7 Å². The highest BCUT2D eigenvalue weighted by Crippen LogP contribution is 2.34. The fourth-order valence-electron chi connectivity index (χ4n) is 3.47. The molecule has 1 saturated heterocycles. The van der Waals surface area contributed by atoms with Crippen molar-refractivity contribution in [3.8, 4) is 0 Å². The first-order valence-corrected chi connectivity index (χ1v) is 7.84. The number of nitrogens with zero attached hydrogens (tertiary/aromatic N) is 1. The highest BCUT2D eigenvalue weighted by molar-refractivity contribution is 5.85. The Kier molecular flexibility index (Phi) is 5.20. The molecule has 118 valence electrons. The van der Waals surface area contributed by atoms with Crippen LogP contribution in [0.15, 0.2) is 0 Å². The Morgan fingerprint density at radius 3 is 2.29 bits per heavy atom. The lowest BCUT2D eigenvalue weighted by Gasteiger charge is -2.33. The largest absolute Gasteiger partial charge is 0.481 e. The lowest BCUT2D eigenvalue weighted by Crippen LogP contribution is -2.46. The van der Waals surface area contributed by atoms with Crippen molar-refractivity contribution in [3.63, 3.8) is 0 Å². The zero-order valence-corrected chi connectivity index (χ0v) is 12.5. The van der Waals surface area contributed by atoms with Crippen LogP contribution < -0.4 is 5.32 Å². The molecule has 0 aromatic rings. The van der Waals surface area contributed by atoms with Gasteiger partial charge in [-0.1, -0.05) is 6.42 Å². The number of hydrogen-bond acceptors (Lipinski definition) is 3. The Labute approximate surface area is 124 Å². The molecule has 1 heterocycles. The van der Waals surface area contributed by atoms with Crippen molar-refractivity contribution in [2.75, 3.05) is 19.6 Å². The molecular weight excluding hydrogens is 272 g/mol. The molecule has 6 nitrogen and oxygen atoms in total. The third-order valence-corrected chi connectivity index (χ3v) is 4.68. The Morgan fingerprint density at radius 1 is 1.10 bits per heavy atom. The van der Waals surface area contributed by atoms with E-state index < -0.39 is 11.9 Å². The monoisotopic (exact) mass is 296 g/mol. The van der Waals surface area contributed by atoms with E-state index in [1.165, 1.54) is 0 Å². The van der Waals surface area contributed by atoms with Crippen molar-refractivity contribution in [1.29, 1.82) is 0 Å². The maximum Gasteiger partial charge on any atom is 0.307 e. The van der Waals surface area contributed by atoms with Crippen LogP contribution in [0.1, 0.15) is 39.0 Å². The first-order chi connectivity index (χ1) is 10.0. The van der Waals surface area contributed by atoms with Gasteiger partial charge >= 0.3 is 5.97 Å². The summed E-state index contributed by atoms with van der Waals surface area (Å²) in [7, 11) is 0. The van der Waals surface area contributed by atoms with Gasteiger partial charge in [0.15, 0.2) is 0 Å². The molecule has 2 rings (SSSR count). The van der Waals surface area contributed by atoms with Crippen LogP contribution in [0, 0.1) is 17.8 Å². The molecule has 0 radical (unpaired) electrons. The summed E-state index contributed by atoms with van der Waals surface area (Å²) in [5.41, 5.74) is 0. The third kappa shape index (κ3) is 3.54. The quantitative estimate of drug-likeness (QED) is 0.805. The highest BCUT2D eigenvalue weighted by Gasteiger charge is 2.40.